The van der Waals surface area contributed by atoms with Gasteiger partial charge in [-0.2, -0.15) is 0 Å². The number of pyridine rings is 1. The molecule has 2 fully saturated rings. The third-order valence-electron chi connectivity index (χ3n) is 5.74. The van der Waals surface area contributed by atoms with E-state index in [4.69, 9.17) is 0 Å². The number of carbonyl (C=O) groups is 2. The molecule has 2 aliphatic rings. The van der Waals surface area contributed by atoms with E-state index in [9.17, 15) is 9.59 Å². The Labute approximate surface area is 162 Å². The Morgan fingerprint density at radius 2 is 2.07 bits per heavy atom. The molecule has 3 amide bonds. The van der Waals surface area contributed by atoms with Crippen molar-refractivity contribution in [3.8, 4) is 0 Å². The van der Waals surface area contributed by atoms with Crippen LogP contribution in [0, 0.1) is 5.92 Å². The van der Waals surface area contributed by atoms with Gasteiger partial charge in [0.15, 0.2) is 0 Å². The third-order valence-corrected chi connectivity index (χ3v) is 5.74. The van der Waals surface area contributed by atoms with E-state index in [0.29, 0.717) is 19.5 Å². The van der Waals surface area contributed by atoms with Crippen molar-refractivity contribution < 1.29 is 9.59 Å². The van der Waals surface area contributed by atoms with Gasteiger partial charge in [-0.1, -0.05) is 25.3 Å². The van der Waals surface area contributed by atoms with Crippen molar-refractivity contribution in [3.63, 3.8) is 0 Å². The molecule has 1 aromatic rings. The Kier molecular flexibility index (Phi) is 6.69. The fourth-order valence-electron chi connectivity index (χ4n) is 4.20. The molecule has 1 atom stereocenters. The summed E-state index contributed by atoms with van der Waals surface area (Å²) in [5, 5.41) is 3.10. The number of carbonyl (C=O) groups excluding carboxylic acids is 2. The zero-order valence-corrected chi connectivity index (χ0v) is 16.6. The predicted molar refractivity (Wildman–Crippen MR) is 105 cm³/mol. The van der Waals surface area contributed by atoms with Gasteiger partial charge in [0.05, 0.1) is 12.2 Å². The molecule has 1 saturated heterocycles. The van der Waals surface area contributed by atoms with Gasteiger partial charge in [0, 0.05) is 43.7 Å². The highest BCUT2D eigenvalue weighted by molar-refractivity contribution is 5.79. The third kappa shape index (κ3) is 5.21. The average Bonchev–Trinajstić information content (AvgIpc) is 3.07. The van der Waals surface area contributed by atoms with E-state index in [1.54, 1.807) is 6.20 Å². The lowest BCUT2D eigenvalue weighted by Crippen LogP contribution is -2.47. The van der Waals surface area contributed by atoms with Crippen LogP contribution in [-0.4, -0.2) is 51.9 Å². The molecule has 0 radical (unpaired) electrons. The highest BCUT2D eigenvalue weighted by Crippen LogP contribution is 2.24. The van der Waals surface area contributed by atoms with Gasteiger partial charge in [0.25, 0.3) is 0 Å². The fourth-order valence-corrected chi connectivity index (χ4v) is 4.20. The molecule has 0 aromatic carbocycles. The first-order chi connectivity index (χ1) is 13.0. The molecule has 0 bridgehead atoms. The molecule has 1 N–H and O–H groups in total. The molecule has 0 unspecified atom stereocenters. The lowest BCUT2D eigenvalue weighted by Gasteiger charge is -2.34. The molecular formula is C21H32N4O2. The fraction of sp³-hybridized carbons (Fsp3) is 0.667. The monoisotopic (exact) mass is 372 g/mol. The lowest BCUT2D eigenvalue weighted by atomic mass is 9.94. The van der Waals surface area contributed by atoms with Crippen molar-refractivity contribution in [1.29, 1.82) is 0 Å². The molecule has 1 aliphatic heterocycles. The zero-order chi connectivity index (χ0) is 19.2. The minimum Gasteiger partial charge on any atom is -0.340 e. The van der Waals surface area contributed by atoms with Gasteiger partial charge in [0.2, 0.25) is 5.91 Å². The number of rotatable bonds is 6. The summed E-state index contributed by atoms with van der Waals surface area (Å²) < 4.78 is 0. The van der Waals surface area contributed by atoms with Crippen molar-refractivity contribution in [3.05, 3.63) is 30.1 Å². The molecule has 0 spiro atoms. The number of hydrogen-bond acceptors (Lipinski definition) is 3. The Hall–Kier alpha value is -2.11. The molecule has 6 nitrogen and oxygen atoms in total. The maximum absolute atomic E-state index is 13.0. The Morgan fingerprint density at radius 1 is 1.30 bits per heavy atom. The van der Waals surface area contributed by atoms with E-state index in [0.717, 1.165) is 25.1 Å². The van der Waals surface area contributed by atoms with Gasteiger partial charge >= 0.3 is 6.03 Å². The normalized spacial score (nSPS) is 20.9. The summed E-state index contributed by atoms with van der Waals surface area (Å²) in [6.45, 7) is 5.91. The smallest absolute Gasteiger partial charge is 0.318 e. The quantitative estimate of drug-likeness (QED) is 0.834. The van der Waals surface area contributed by atoms with E-state index in [-0.39, 0.29) is 29.9 Å². The molecule has 148 valence electrons. The summed E-state index contributed by atoms with van der Waals surface area (Å²) in [6.07, 6.45) is 8.03. The standard InChI is InChI=1S/C21H32N4O2/c1-16(2)24-14-17(12-20(24)26)13-23-21(27)25(19-9-4-3-5-10-19)15-18-8-6-7-11-22-18/h6-8,11,16-17,19H,3-5,9-10,12-15H2,1-2H3,(H,23,27)/t17-/m1/s1. The second-order valence-corrected chi connectivity index (χ2v) is 8.14. The highest BCUT2D eigenvalue weighted by Gasteiger charge is 2.32. The van der Waals surface area contributed by atoms with E-state index < -0.39 is 0 Å². The molecule has 1 saturated carbocycles. The van der Waals surface area contributed by atoms with Gasteiger partial charge < -0.3 is 15.1 Å². The van der Waals surface area contributed by atoms with Crippen LogP contribution in [0.25, 0.3) is 0 Å². The van der Waals surface area contributed by atoms with Crippen molar-refractivity contribution in [1.82, 2.24) is 20.1 Å². The lowest BCUT2D eigenvalue weighted by molar-refractivity contribution is -0.129. The zero-order valence-electron chi connectivity index (χ0n) is 16.6. The molecule has 6 heteroatoms. The first kappa shape index (κ1) is 19.6. The topological polar surface area (TPSA) is 65.5 Å². The van der Waals surface area contributed by atoms with Crippen LogP contribution in [0.15, 0.2) is 24.4 Å². The Bertz CT molecular complexity index is 628. The maximum Gasteiger partial charge on any atom is 0.318 e. The van der Waals surface area contributed by atoms with Crippen LogP contribution in [0.3, 0.4) is 0 Å². The van der Waals surface area contributed by atoms with E-state index >= 15 is 0 Å². The van der Waals surface area contributed by atoms with E-state index in [2.05, 4.69) is 10.3 Å². The molecule has 1 aromatic heterocycles. The number of urea groups is 1. The van der Waals surface area contributed by atoms with Crippen molar-refractivity contribution in [2.75, 3.05) is 13.1 Å². The summed E-state index contributed by atoms with van der Waals surface area (Å²) >= 11 is 0. The van der Waals surface area contributed by atoms with Gasteiger partial charge in [0.1, 0.15) is 0 Å². The molecule has 2 heterocycles. The summed E-state index contributed by atoms with van der Waals surface area (Å²) in [4.78, 5) is 33.3. The number of aromatic nitrogens is 1. The maximum atomic E-state index is 13.0. The van der Waals surface area contributed by atoms with Crippen LogP contribution < -0.4 is 5.32 Å². The molecule has 1 aliphatic carbocycles. The predicted octanol–water partition coefficient (Wildman–Crippen LogP) is 3.18. The second kappa shape index (κ2) is 9.20. The van der Waals surface area contributed by atoms with Crippen molar-refractivity contribution in [2.45, 2.75) is 71.0 Å². The van der Waals surface area contributed by atoms with Crippen LogP contribution >= 0.6 is 0 Å². The summed E-state index contributed by atoms with van der Waals surface area (Å²) in [5.41, 5.74) is 0.917. The SMILES string of the molecule is CC(C)N1C[C@@H](CNC(=O)N(Cc2ccccn2)C2CCCCC2)CC1=O. The van der Waals surface area contributed by atoms with Gasteiger partial charge in [-0.3, -0.25) is 9.78 Å². The van der Waals surface area contributed by atoms with Crippen LogP contribution in [0.4, 0.5) is 4.79 Å². The largest absolute Gasteiger partial charge is 0.340 e. The van der Waals surface area contributed by atoms with Crippen LogP contribution in [0.1, 0.15) is 58.1 Å². The van der Waals surface area contributed by atoms with Crippen molar-refractivity contribution in [2.24, 2.45) is 5.92 Å². The van der Waals surface area contributed by atoms with Crippen LogP contribution in [0.2, 0.25) is 0 Å². The van der Waals surface area contributed by atoms with Gasteiger partial charge in [-0.25, -0.2) is 4.79 Å². The second-order valence-electron chi connectivity index (χ2n) is 8.14. The first-order valence-electron chi connectivity index (χ1n) is 10.3. The number of nitrogens with one attached hydrogen (secondary N) is 1. The highest BCUT2D eigenvalue weighted by atomic mass is 16.2. The summed E-state index contributed by atoms with van der Waals surface area (Å²) in [7, 11) is 0. The molecule has 27 heavy (non-hydrogen) atoms. The van der Waals surface area contributed by atoms with Gasteiger partial charge in [-0.05, 0) is 38.8 Å². The van der Waals surface area contributed by atoms with E-state index in [1.807, 2.05) is 41.8 Å². The number of amides is 3. The van der Waals surface area contributed by atoms with Gasteiger partial charge in [-0.15, -0.1) is 0 Å². The average molecular weight is 373 g/mol. The number of hydrogen-bond donors (Lipinski definition) is 1. The summed E-state index contributed by atoms with van der Waals surface area (Å²) in [5.74, 6) is 0.397. The Morgan fingerprint density at radius 3 is 2.70 bits per heavy atom. The molecular weight excluding hydrogens is 340 g/mol. The number of likely N-dealkylation sites (tertiary alicyclic amines) is 1. The minimum absolute atomic E-state index is 0.0250. The Balaban J connectivity index is 1.60. The van der Waals surface area contributed by atoms with Crippen molar-refractivity contribution >= 4 is 11.9 Å². The minimum atomic E-state index is -0.0250. The van der Waals surface area contributed by atoms with Crippen LogP contribution in [0.5, 0.6) is 0 Å². The molecule has 3 rings (SSSR count). The number of nitrogens with zero attached hydrogens (tertiary/aromatic N) is 3. The van der Waals surface area contributed by atoms with E-state index in [1.165, 1.54) is 19.3 Å². The van der Waals surface area contributed by atoms with Crippen LogP contribution in [-0.2, 0) is 11.3 Å². The summed E-state index contributed by atoms with van der Waals surface area (Å²) in [6, 6.07) is 6.30. The first-order valence-corrected chi connectivity index (χ1v) is 10.3.